The van der Waals surface area contributed by atoms with Crippen molar-refractivity contribution in [1.82, 2.24) is 0 Å². The second kappa shape index (κ2) is 16.3. The Hall–Kier alpha value is 1.48. The number of rotatable bonds is 18. The van der Waals surface area contributed by atoms with E-state index in [4.69, 9.17) is 9.22 Å². The summed E-state index contributed by atoms with van der Waals surface area (Å²) in [4.78, 5) is 0. The van der Waals surface area contributed by atoms with Crippen LogP contribution in [0.15, 0.2) is 0 Å². The van der Waals surface area contributed by atoms with Crippen molar-refractivity contribution in [3.8, 4) is 0 Å². The van der Waals surface area contributed by atoms with Crippen LogP contribution in [0.3, 0.4) is 0 Å². The quantitative estimate of drug-likeness (QED) is 0.137. The Morgan fingerprint density at radius 3 is 1.53 bits per heavy atom. The molecule has 1 saturated heterocycles. The summed E-state index contributed by atoms with van der Waals surface area (Å²) in [5.74, 6) is 1.14. The predicted molar refractivity (Wildman–Crippen MR) is 145 cm³/mol. The van der Waals surface area contributed by atoms with E-state index >= 15 is 0 Å². The summed E-state index contributed by atoms with van der Waals surface area (Å²) in [7, 11) is 0. The Bertz CT molecular complexity index is 454. The summed E-state index contributed by atoms with van der Waals surface area (Å²) >= 11 is -6.45. The minimum atomic E-state index is -3.33. The Balaban J connectivity index is 3.47. The molecular formula is C27H58O3Sn2. The van der Waals surface area contributed by atoms with Crippen molar-refractivity contribution in [2.75, 3.05) is 13.2 Å². The maximum atomic E-state index is 7.80. The number of hydrogen-bond donors (Lipinski definition) is 0. The molecule has 0 radical (unpaired) electrons. The molecule has 1 aliphatic heterocycles. The van der Waals surface area contributed by atoms with Gasteiger partial charge < -0.3 is 0 Å². The summed E-state index contributed by atoms with van der Waals surface area (Å²) in [6.07, 6.45) is 14.0. The second-order valence-electron chi connectivity index (χ2n) is 11.4. The van der Waals surface area contributed by atoms with Crippen molar-refractivity contribution in [2.24, 2.45) is 11.8 Å². The molecule has 32 heavy (non-hydrogen) atoms. The van der Waals surface area contributed by atoms with Crippen LogP contribution in [0.4, 0.5) is 0 Å². The Morgan fingerprint density at radius 1 is 0.719 bits per heavy atom. The maximum absolute atomic E-state index is 7.80. The van der Waals surface area contributed by atoms with Gasteiger partial charge >= 0.3 is 209 Å². The molecule has 0 N–H and O–H groups in total. The predicted octanol–water partition coefficient (Wildman–Crippen LogP) is 8.94. The summed E-state index contributed by atoms with van der Waals surface area (Å²) in [5, 5.41) is 0. The fraction of sp³-hybridized carbons (Fsp3) is 1.00. The molecule has 0 aliphatic carbocycles. The monoisotopic (exact) mass is 670 g/mol. The molecule has 1 fully saturated rings. The fourth-order valence-electron chi connectivity index (χ4n) is 5.22. The normalized spacial score (nSPS) is 19.7. The Kier molecular flexibility index (Phi) is 16.0. The zero-order valence-corrected chi connectivity index (χ0v) is 28.9. The first-order valence-electron chi connectivity index (χ1n) is 14.2. The van der Waals surface area contributed by atoms with Crippen molar-refractivity contribution < 1.29 is 9.22 Å². The van der Waals surface area contributed by atoms with E-state index in [0.29, 0.717) is 11.8 Å². The van der Waals surface area contributed by atoms with Crippen molar-refractivity contribution in [3.63, 3.8) is 0 Å². The Morgan fingerprint density at radius 2 is 1.16 bits per heavy atom. The molecule has 1 aliphatic rings. The van der Waals surface area contributed by atoms with Gasteiger partial charge in [0.25, 0.3) is 0 Å². The Labute approximate surface area is 208 Å². The van der Waals surface area contributed by atoms with Crippen molar-refractivity contribution in [3.05, 3.63) is 0 Å². The van der Waals surface area contributed by atoms with Crippen molar-refractivity contribution in [1.29, 1.82) is 0 Å². The van der Waals surface area contributed by atoms with Crippen LogP contribution in [0.5, 0.6) is 0 Å². The summed E-state index contributed by atoms with van der Waals surface area (Å²) in [5.41, 5.74) is 0.131. The van der Waals surface area contributed by atoms with Crippen LogP contribution < -0.4 is 0 Å². The van der Waals surface area contributed by atoms with Gasteiger partial charge in [0.15, 0.2) is 0 Å². The standard InChI is InChI=1S/C11H22O.2C4H9O.2C4H9.2Sn/c1-4-7-9-11(12,6-3)10-8-5-2;2*1-4(2)3-5;2*1-3-4-2;;/h3-10H2,1-2H3;2*4H,3H2,1-2H3;2*1,3-4H2,2H3;;/q3*-1;;;+1;+2. The van der Waals surface area contributed by atoms with Gasteiger partial charge in [0.2, 0.25) is 0 Å². The van der Waals surface area contributed by atoms with Gasteiger partial charge in [-0.3, -0.25) is 0 Å². The molecule has 0 aromatic carbocycles. The van der Waals surface area contributed by atoms with Crippen LogP contribution in [-0.4, -0.2) is 48.9 Å². The third-order valence-electron chi connectivity index (χ3n) is 7.16. The average molecular weight is 668 g/mol. The van der Waals surface area contributed by atoms with E-state index in [1.165, 1.54) is 83.9 Å². The molecule has 192 valence electrons. The third-order valence-corrected chi connectivity index (χ3v) is 74.7. The molecular weight excluding hydrogens is 610 g/mol. The van der Waals surface area contributed by atoms with Gasteiger partial charge in [0.1, 0.15) is 0 Å². The molecule has 1 rings (SSSR count). The second-order valence-corrected chi connectivity index (χ2v) is 59.9. The first kappa shape index (κ1) is 31.5. The molecule has 0 amide bonds. The first-order chi connectivity index (χ1) is 15.2. The average Bonchev–Trinajstić information content (AvgIpc) is 2.77. The number of hydrogen-bond acceptors (Lipinski definition) is 3. The van der Waals surface area contributed by atoms with E-state index in [0.717, 1.165) is 13.2 Å². The van der Waals surface area contributed by atoms with Gasteiger partial charge in [-0.1, -0.05) is 0 Å². The molecule has 0 atom stereocenters. The summed E-state index contributed by atoms with van der Waals surface area (Å²) in [6.45, 7) is 20.3. The van der Waals surface area contributed by atoms with E-state index in [1.807, 2.05) is 0 Å². The van der Waals surface area contributed by atoms with Crippen LogP contribution in [0, 0.1) is 11.8 Å². The topological polar surface area (TPSA) is 27.7 Å². The van der Waals surface area contributed by atoms with Crippen LogP contribution in [0.2, 0.25) is 13.3 Å². The fourth-order valence-corrected chi connectivity index (χ4v) is 80.1. The molecule has 0 aromatic heterocycles. The first-order valence-corrected chi connectivity index (χ1v) is 34.8. The van der Waals surface area contributed by atoms with Crippen LogP contribution in [0.25, 0.3) is 0 Å². The molecule has 0 saturated carbocycles. The number of unbranched alkanes of at least 4 members (excludes halogenated alkanes) is 4. The minimum absolute atomic E-state index is 0.131. The van der Waals surface area contributed by atoms with Crippen molar-refractivity contribution in [2.45, 2.75) is 145 Å². The van der Waals surface area contributed by atoms with Gasteiger partial charge in [0, 0.05) is 0 Å². The van der Waals surface area contributed by atoms with Crippen LogP contribution in [-0.2, 0) is 9.22 Å². The van der Waals surface area contributed by atoms with Crippen LogP contribution in [0.1, 0.15) is 126 Å². The van der Waals surface area contributed by atoms with E-state index < -0.39 is 30.1 Å². The molecule has 1 heterocycles. The zero-order valence-electron chi connectivity index (χ0n) is 23.2. The van der Waals surface area contributed by atoms with E-state index in [2.05, 4.69) is 55.4 Å². The molecule has 5 heteroatoms. The van der Waals surface area contributed by atoms with E-state index in [1.54, 1.807) is 0 Å². The van der Waals surface area contributed by atoms with Gasteiger partial charge in [0.05, 0.1) is 0 Å². The van der Waals surface area contributed by atoms with E-state index in [9.17, 15) is 0 Å². The van der Waals surface area contributed by atoms with Gasteiger partial charge in [-0.2, -0.15) is 0 Å². The zero-order chi connectivity index (χ0) is 24.1. The molecule has 0 bridgehead atoms. The molecule has 3 nitrogen and oxygen atoms in total. The SMILES string of the molecule is CCCCC1(CCCC)C[CH2][Sn]([O]CC(C)C)([O]CC(C)C)[Sn]([CH2]CCC)([CH2]CCC)[O]1. The van der Waals surface area contributed by atoms with Gasteiger partial charge in [-0.25, -0.2) is 0 Å². The van der Waals surface area contributed by atoms with Crippen molar-refractivity contribution >= 4 is 30.1 Å². The van der Waals surface area contributed by atoms with Gasteiger partial charge in [-0.15, -0.1) is 0 Å². The molecule has 0 unspecified atom stereocenters. The van der Waals surface area contributed by atoms with Gasteiger partial charge in [-0.05, 0) is 0 Å². The molecule has 0 spiro atoms. The summed E-state index contributed by atoms with van der Waals surface area (Å²) < 4.78 is 26.1. The van der Waals surface area contributed by atoms with E-state index in [-0.39, 0.29) is 5.60 Å². The molecule has 0 aromatic rings. The third kappa shape index (κ3) is 9.50. The summed E-state index contributed by atoms with van der Waals surface area (Å²) in [6, 6.07) is 0. The van der Waals surface area contributed by atoms with Crippen LogP contribution >= 0.6 is 0 Å².